The number of anilines is 1. The lowest BCUT2D eigenvalue weighted by molar-refractivity contribution is -0.140. The highest BCUT2D eigenvalue weighted by atomic mass is 35.5. The Morgan fingerprint density at radius 3 is 1.96 bits per heavy atom. The summed E-state index contributed by atoms with van der Waals surface area (Å²) < 4.78 is 29.2. The van der Waals surface area contributed by atoms with E-state index in [0.29, 0.717) is 16.5 Å². The zero-order valence-corrected chi connectivity index (χ0v) is 27.8. The van der Waals surface area contributed by atoms with Crippen molar-refractivity contribution in [2.75, 3.05) is 10.8 Å². The Morgan fingerprint density at radius 1 is 0.800 bits per heavy atom. The van der Waals surface area contributed by atoms with Crippen molar-refractivity contribution in [3.63, 3.8) is 0 Å². The second-order valence-electron chi connectivity index (χ2n) is 11.0. The first-order valence-corrected chi connectivity index (χ1v) is 16.9. The van der Waals surface area contributed by atoms with Crippen LogP contribution >= 0.6 is 23.2 Å². The van der Waals surface area contributed by atoms with Gasteiger partial charge >= 0.3 is 0 Å². The molecular weight excluding hydrogens is 629 g/mol. The molecule has 0 heterocycles. The van der Waals surface area contributed by atoms with Crippen LogP contribution in [-0.4, -0.2) is 43.8 Å². The normalized spacial score (nSPS) is 12.6. The summed E-state index contributed by atoms with van der Waals surface area (Å²) in [5.74, 6) is -0.870. The van der Waals surface area contributed by atoms with Crippen LogP contribution in [0.4, 0.5) is 5.69 Å². The Balaban J connectivity index is 1.80. The summed E-state index contributed by atoms with van der Waals surface area (Å²) in [5.41, 5.74) is 2.76. The van der Waals surface area contributed by atoms with Crippen LogP contribution in [0.15, 0.2) is 108 Å². The van der Waals surface area contributed by atoms with Gasteiger partial charge in [-0.2, -0.15) is 0 Å². The highest BCUT2D eigenvalue weighted by Gasteiger charge is 2.35. The molecule has 0 bridgehead atoms. The smallest absolute Gasteiger partial charge is 0.264 e. The lowest BCUT2D eigenvalue weighted by Crippen LogP contribution is -2.54. The molecule has 4 aromatic carbocycles. The molecule has 45 heavy (non-hydrogen) atoms. The lowest BCUT2D eigenvalue weighted by Gasteiger charge is -2.34. The molecule has 10 heteroatoms. The van der Waals surface area contributed by atoms with Crippen LogP contribution in [0.2, 0.25) is 10.0 Å². The van der Waals surface area contributed by atoms with Gasteiger partial charge in [-0.05, 0) is 79.9 Å². The monoisotopic (exact) mass is 665 g/mol. The molecule has 0 radical (unpaired) electrons. The lowest BCUT2D eigenvalue weighted by atomic mass is 10.0. The van der Waals surface area contributed by atoms with Crippen LogP contribution < -0.4 is 9.62 Å². The molecule has 0 aliphatic rings. The second kappa shape index (κ2) is 15.4. The molecule has 0 aliphatic heterocycles. The number of benzene rings is 4. The first-order chi connectivity index (χ1) is 21.5. The van der Waals surface area contributed by atoms with Gasteiger partial charge in [-0.25, -0.2) is 8.42 Å². The molecule has 236 valence electrons. The van der Waals surface area contributed by atoms with Crippen molar-refractivity contribution in [3.05, 3.63) is 130 Å². The summed E-state index contributed by atoms with van der Waals surface area (Å²) in [7, 11) is -4.19. The summed E-state index contributed by atoms with van der Waals surface area (Å²) in [5, 5.41) is 3.99. The van der Waals surface area contributed by atoms with E-state index in [0.717, 1.165) is 21.0 Å². The number of rotatable bonds is 13. The first kappa shape index (κ1) is 34.0. The van der Waals surface area contributed by atoms with E-state index in [1.54, 1.807) is 60.7 Å². The van der Waals surface area contributed by atoms with Gasteiger partial charge in [0.15, 0.2) is 0 Å². The van der Waals surface area contributed by atoms with Gasteiger partial charge in [0.2, 0.25) is 11.8 Å². The third-order valence-corrected chi connectivity index (χ3v) is 9.83. The molecule has 1 N–H and O–H groups in total. The van der Waals surface area contributed by atoms with Crippen LogP contribution in [-0.2, 0) is 32.6 Å². The fourth-order valence-corrected chi connectivity index (χ4v) is 6.42. The van der Waals surface area contributed by atoms with Crippen LogP contribution in [0.3, 0.4) is 0 Å². The van der Waals surface area contributed by atoms with Gasteiger partial charge in [0.1, 0.15) is 12.6 Å². The van der Waals surface area contributed by atoms with E-state index in [1.165, 1.54) is 17.0 Å². The van der Waals surface area contributed by atoms with Gasteiger partial charge < -0.3 is 10.2 Å². The minimum absolute atomic E-state index is 0.0375. The number of amides is 2. The average Bonchev–Trinajstić information content (AvgIpc) is 3.03. The Kier molecular flexibility index (Phi) is 11.7. The highest BCUT2D eigenvalue weighted by molar-refractivity contribution is 7.92. The molecule has 2 unspecified atom stereocenters. The fourth-order valence-electron chi connectivity index (χ4n) is 4.76. The molecule has 2 amide bonds. The Hall–Kier alpha value is -3.85. The maximum atomic E-state index is 14.5. The number of hydrogen-bond donors (Lipinski definition) is 1. The zero-order valence-electron chi connectivity index (χ0n) is 25.5. The van der Waals surface area contributed by atoms with Gasteiger partial charge in [-0.3, -0.25) is 13.9 Å². The van der Waals surface area contributed by atoms with E-state index in [1.807, 2.05) is 51.1 Å². The molecule has 0 fully saturated rings. The standard InChI is InChI=1S/C35H37Cl2N3O4S/c1-4-26(3)38-35(42)33(22-27-8-6-5-7-9-27)39(23-28-12-14-29(36)15-13-28)34(41)24-40(31-18-16-30(37)17-19-31)45(43,44)32-20-10-25(2)11-21-32/h5-21,26,33H,4,22-24H2,1-3H3,(H,38,42). The quantitative estimate of drug-likeness (QED) is 0.166. The Labute approximate surface area is 275 Å². The maximum absolute atomic E-state index is 14.5. The Morgan fingerprint density at radius 2 is 1.38 bits per heavy atom. The van der Waals surface area contributed by atoms with Gasteiger partial charge in [0.25, 0.3) is 10.0 Å². The van der Waals surface area contributed by atoms with Crippen LogP contribution in [0, 0.1) is 6.92 Å². The van der Waals surface area contributed by atoms with Crippen molar-refractivity contribution in [1.82, 2.24) is 10.2 Å². The second-order valence-corrected chi connectivity index (χ2v) is 13.7. The summed E-state index contributed by atoms with van der Waals surface area (Å²) in [6.45, 7) is 5.24. The number of nitrogens with one attached hydrogen (secondary N) is 1. The number of nitrogens with zero attached hydrogens (tertiary/aromatic N) is 2. The van der Waals surface area contributed by atoms with E-state index >= 15 is 0 Å². The zero-order chi connectivity index (χ0) is 32.6. The first-order valence-electron chi connectivity index (χ1n) is 14.7. The largest absolute Gasteiger partial charge is 0.352 e. The van der Waals surface area contributed by atoms with Crippen LogP contribution in [0.5, 0.6) is 0 Å². The molecule has 4 rings (SSSR count). The third-order valence-electron chi connectivity index (χ3n) is 7.54. The van der Waals surface area contributed by atoms with Crippen molar-refractivity contribution in [1.29, 1.82) is 0 Å². The number of halogens is 2. The van der Waals surface area contributed by atoms with E-state index in [2.05, 4.69) is 5.32 Å². The van der Waals surface area contributed by atoms with Crippen LogP contribution in [0.25, 0.3) is 0 Å². The molecule has 7 nitrogen and oxygen atoms in total. The van der Waals surface area contributed by atoms with Crippen molar-refractivity contribution in [2.45, 2.75) is 57.1 Å². The predicted molar refractivity (Wildman–Crippen MR) is 181 cm³/mol. The van der Waals surface area contributed by atoms with Crippen molar-refractivity contribution < 1.29 is 18.0 Å². The van der Waals surface area contributed by atoms with Gasteiger partial charge in [-0.1, -0.05) is 90.3 Å². The molecule has 2 atom stereocenters. The number of sulfonamides is 1. The minimum atomic E-state index is -4.19. The molecule has 0 aromatic heterocycles. The number of aryl methyl sites for hydroxylation is 1. The highest BCUT2D eigenvalue weighted by Crippen LogP contribution is 2.27. The summed E-state index contributed by atoms with van der Waals surface area (Å²) in [6, 6.07) is 28.1. The fraction of sp³-hybridized carbons (Fsp3) is 0.257. The van der Waals surface area contributed by atoms with Gasteiger partial charge in [0.05, 0.1) is 10.6 Å². The summed E-state index contributed by atoms with van der Waals surface area (Å²) in [4.78, 5) is 29.9. The predicted octanol–water partition coefficient (Wildman–Crippen LogP) is 7.05. The molecule has 0 spiro atoms. The van der Waals surface area contributed by atoms with E-state index in [4.69, 9.17) is 23.2 Å². The topological polar surface area (TPSA) is 86.8 Å². The third kappa shape index (κ3) is 9.10. The van der Waals surface area contributed by atoms with Crippen LogP contribution in [0.1, 0.15) is 37.0 Å². The molecule has 0 saturated carbocycles. The summed E-state index contributed by atoms with van der Waals surface area (Å²) >= 11 is 12.3. The van der Waals surface area contributed by atoms with E-state index < -0.39 is 28.5 Å². The van der Waals surface area contributed by atoms with E-state index in [9.17, 15) is 18.0 Å². The SMILES string of the molecule is CCC(C)NC(=O)C(Cc1ccccc1)N(Cc1ccc(Cl)cc1)C(=O)CN(c1ccc(Cl)cc1)S(=O)(=O)c1ccc(C)cc1. The molecule has 4 aromatic rings. The number of carbonyl (C=O) groups excluding carboxylic acids is 2. The van der Waals surface area contributed by atoms with Crippen molar-refractivity contribution in [3.8, 4) is 0 Å². The number of carbonyl (C=O) groups is 2. The number of hydrogen-bond acceptors (Lipinski definition) is 4. The summed E-state index contributed by atoms with van der Waals surface area (Å²) in [6.07, 6.45) is 0.933. The average molecular weight is 667 g/mol. The molecule has 0 aliphatic carbocycles. The minimum Gasteiger partial charge on any atom is -0.352 e. The Bertz CT molecular complexity index is 1680. The van der Waals surface area contributed by atoms with Gasteiger partial charge in [0, 0.05) is 29.1 Å². The van der Waals surface area contributed by atoms with E-state index in [-0.39, 0.29) is 35.5 Å². The van der Waals surface area contributed by atoms with Crippen molar-refractivity contribution >= 4 is 50.7 Å². The van der Waals surface area contributed by atoms with Gasteiger partial charge in [-0.15, -0.1) is 0 Å². The molecule has 0 saturated heterocycles. The molecular formula is C35H37Cl2N3O4S. The maximum Gasteiger partial charge on any atom is 0.264 e. The van der Waals surface area contributed by atoms with Crippen molar-refractivity contribution in [2.24, 2.45) is 0 Å².